The maximum Gasteiger partial charge on any atom is 0.305 e. The van der Waals surface area contributed by atoms with E-state index in [0.717, 1.165) is 44.9 Å². The molecule has 0 heterocycles. The second-order valence-corrected chi connectivity index (χ2v) is 23.9. The van der Waals surface area contributed by atoms with E-state index in [1.54, 1.807) is 6.08 Å². The molecule has 0 aromatic carbocycles. The Kier molecular flexibility index (Phi) is 64.4. The topological polar surface area (TPSA) is 95.9 Å². The highest BCUT2D eigenvalue weighted by Crippen LogP contribution is 2.19. The number of hydrogen-bond donors (Lipinski definition) is 3. The van der Waals surface area contributed by atoms with Crippen LogP contribution in [0.2, 0.25) is 0 Å². The van der Waals surface area contributed by atoms with Crippen molar-refractivity contribution in [1.29, 1.82) is 0 Å². The molecule has 450 valence electrons. The summed E-state index contributed by atoms with van der Waals surface area (Å²) in [6, 6.07) is -0.626. The van der Waals surface area contributed by atoms with Crippen LogP contribution < -0.4 is 5.32 Å². The summed E-state index contributed by atoms with van der Waals surface area (Å²) in [6.45, 7) is 4.93. The van der Waals surface area contributed by atoms with Gasteiger partial charge in [0.2, 0.25) is 5.91 Å². The molecule has 0 aromatic rings. The standard InChI is InChI=1S/C70H135NO5/c1-3-5-7-9-11-13-15-17-19-20-29-32-35-38-42-46-50-54-58-62-68(73)67(66-72)71-69(74)63-59-55-51-47-43-39-36-33-30-27-25-23-21-22-24-26-28-31-34-37-41-45-49-53-57-61-65-76-70(75)64-60-56-52-48-44-40-18-16-14-12-10-8-6-4-2/h16,18,58,62,67-68,72-73H,3-15,17,19-57,59-61,63-66H2,1-2H3,(H,71,74)/b18-16-,62-58+. The van der Waals surface area contributed by atoms with E-state index in [1.807, 2.05) is 6.08 Å². The normalized spacial score (nSPS) is 12.6. The zero-order valence-corrected chi connectivity index (χ0v) is 51.5. The lowest BCUT2D eigenvalue weighted by atomic mass is 10.0. The number of esters is 1. The lowest BCUT2D eigenvalue weighted by Crippen LogP contribution is -2.45. The monoisotopic (exact) mass is 1070 g/mol. The van der Waals surface area contributed by atoms with Crippen molar-refractivity contribution >= 4 is 11.9 Å². The summed E-state index contributed by atoms with van der Waals surface area (Å²) in [7, 11) is 0. The van der Waals surface area contributed by atoms with Gasteiger partial charge < -0.3 is 20.3 Å². The zero-order valence-electron chi connectivity index (χ0n) is 51.5. The maximum absolute atomic E-state index is 12.5. The van der Waals surface area contributed by atoms with Crippen molar-refractivity contribution < 1.29 is 24.5 Å². The SMILES string of the molecule is CCCCCCC/C=C\CCCCCCCC(=O)OCCCCCCCCCCCCCCCCCCCCCCCCCCCCC(=O)NC(CO)C(O)/C=C/CCCCCCCCCCCCCCCCCCC. The molecule has 0 saturated heterocycles. The number of ether oxygens (including phenoxy) is 1. The Morgan fingerprint density at radius 3 is 0.934 bits per heavy atom. The average molecular weight is 1070 g/mol. The third-order valence-electron chi connectivity index (χ3n) is 16.2. The maximum atomic E-state index is 12.5. The van der Waals surface area contributed by atoms with Crippen LogP contribution in [0.1, 0.15) is 386 Å². The van der Waals surface area contributed by atoms with E-state index in [0.29, 0.717) is 19.4 Å². The van der Waals surface area contributed by atoms with Crippen molar-refractivity contribution in [3.63, 3.8) is 0 Å². The molecule has 2 unspecified atom stereocenters. The first kappa shape index (κ1) is 74.3. The van der Waals surface area contributed by atoms with Crippen LogP contribution >= 0.6 is 0 Å². The van der Waals surface area contributed by atoms with Gasteiger partial charge in [0, 0.05) is 12.8 Å². The molecule has 76 heavy (non-hydrogen) atoms. The molecule has 0 spiro atoms. The minimum atomic E-state index is -0.843. The molecule has 3 N–H and O–H groups in total. The number of hydrogen-bond acceptors (Lipinski definition) is 5. The van der Waals surface area contributed by atoms with Crippen LogP contribution in [0.25, 0.3) is 0 Å². The second-order valence-electron chi connectivity index (χ2n) is 23.9. The molecule has 0 aliphatic carbocycles. The van der Waals surface area contributed by atoms with Crippen molar-refractivity contribution in [1.82, 2.24) is 5.32 Å². The lowest BCUT2D eigenvalue weighted by molar-refractivity contribution is -0.143. The first-order chi connectivity index (χ1) is 37.5. The predicted octanol–water partition coefficient (Wildman–Crippen LogP) is 22.1. The van der Waals surface area contributed by atoms with Crippen molar-refractivity contribution in [2.75, 3.05) is 13.2 Å². The van der Waals surface area contributed by atoms with Crippen molar-refractivity contribution in [3.05, 3.63) is 24.3 Å². The van der Waals surface area contributed by atoms with Crippen LogP contribution in [0.15, 0.2) is 24.3 Å². The van der Waals surface area contributed by atoms with Gasteiger partial charge in [-0.15, -0.1) is 0 Å². The predicted molar refractivity (Wildman–Crippen MR) is 333 cm³/mol. The fraction of sp³-hybridized carbons (Fsp3) is 0.914. The largest absolute Gasteiger partial charge is 0.466 e. The number of carbonyl (C=O) groups excluding carboxylic acids is 2. The third kappa shape index (κ3) is 61.6. The Morgan fingerprint density at radius 1 is 0.355 bits per heavy atom. The summed E-state index contributed by atoms with van der Waals surface area (Å²) in [4.78, 5) is 24.6. The number of carbonyl (C=O) groups is 2. The summed E-state index contributed by atoms with van der Waals surface area (Å²) in [6.07, 6.45) is 82.5. The molecule has 0 radical (unpaired) electrons. The quantitative estimate of drug-likeness (QED) is 0.0320. The number of amides is 1. The smallest absolute Gasteiger partial charge is 0.305 e. The zero-order chi connectivity index (χ0) is 55.0. The summed E-state index contributed by atoms with van der Waals surface area (Å²) < 4.78 is 5.49. The molecule has 6 nitrogen and oxygen atoms in total. The van der Waals surface area contributed by atoms with E-state index >= 15 is 0 Å². The molecule has 0 saturated carbocycles. The molecule has 2 atom stereocenters. The van der Waals surface area contributed by atoms with Gasteiger partial charge in [0.25, 0.3) is 0 Å². The fourth-order valence-electron chi connectivity index (χ4n) is 10.9. The first-order valence-corrected chi connectivity index (χ1v) is 34.6. The van der Waals surface area contributed by atoms with Crippen LogP contribution in [-0.2, 0) is 14.3 Å². The summed E-state index contributed by atoms with van der Waals surface area (Å²) >= 11 is 0. The lowest BCUT2D eigenvalue weighted by Gasteiger charge is -2.20. The minimum Gasteiger partial charge on any atom is -0.466 e. The van der Waals surface area contributed by atoms with Crippen LogP contribution in [0.5, 0.6) is 0 Å². The molecular formula is C70H135NO5. The van der Waals surface area contributed by atoms with E-state index in [1.165, 1.54) is 315 Å². The van der Waals surface area contributed by atoms with E-state index in [2.05, 4.69) is 31.3 Å². The van der Waals surface area contributed by atoms with Gasteiger partial charge in [-0.25, -0.2) is 0 Å². The Bertz CT molecular complexity index is 1190. The molecule has 1 amide bonds. The van der Waals surface area contributed by atoms with Crippen molar-refractivity contribution in [2.45, 2.75) is 398 Å². The molecule has 0 fully saturated rings. The van der Waals surface area contributed by atoms with Crippen molar-refractivity contribution in [2.24, 2.45) is 0 Å². The number of rotatable bonds is 65. The Labute approximate surface area is 475 Å². The van der Waals surface area contributed by atoms with E-state index in [4.69, 9.17) is 4.74 Å². The Morgan fingerprint density at radius 2 is 0.618 bits per heavy atom. The molecule has 0 rings (SSSR count). The Balaban J connectivity index is 3.38. The highest BCUT2D eigenvalue weighted by atomic mass is 16.5. The van der Waals surface area contributed by atoms with Crippen LogP contribution in [0.3, 0.4) is 0 Å². The van der Waals surface area contributed by atoms with Gasteiger partial charge in [0.1, 0.15) is 0 Å². The van der Waals surface area contributed by atoms with Gasteiger partial charge in [-0.05, 0) is 57.8 Å². The number of aliphatic hydroxyl groups excluding tert-OH is 2. The first-order valence-electron chi connectivity index (χ1n) is 34.6. The minimum absolute atomic E-state index is 0.00893. The molecule has 6 heteroatoms. The van der Waals surface area contributed by atoms with E-state index in [9.17, 15) is 19.8 Å². The van der Waals surface area contributed by atoms with Crippen LogP contribution in [0.4, 0.5) is 0 Å². The summed E-state index contributed by atoms with van der Waals surface area (Å²) in [5.41, 5.74) is 0. The molecule has 0 bridgehead atoms. The van der Waals surface area contributed by atoms with Gasteiger partial charge in [0.05, 0.1) is 25.4 Å². The van der Waals surface area contributed by atoms with Gasteiger partial charge in [0.15, 0.2) is 0 Å². The Hall–Kier alpha value is -1.66. The molecule has 0 aromatic heterocycles. The average Bonchev–Trinajstić information content (AvgIpc) is 3.42. The number of nitrogens with one attached hydrogen (secondary N) is 1. The summed E-state index contributed by atoms with van der Waals surface area (Å²) in [5, 5.41) is 23.2. The third-order valence-corrected chi connectivity index (χ3v) is 16.2. The molecule has 0 aliphatic rings. The second kappa shape index (κ2) is 65.9. The van der Waals surface area contributed by atoms with E-state index < -0.39 is 12.1 Å². The van der Waals surface area contributed by atoms with Crippen molar-refractivity contribution in [3.8, 4) is 0 Å². The molecular weight excluding hydrogens is 935 g/mol. The van der Waals surface area contributed by atoms with E-state index in [-0.39, 0.29) is 18.5 Å². The van der Waals surface area contributed by atoms with Gasteiger partial charge in [-0.3, -0.25) is 9.59 Å². The highest BCUT2D eigenvalue weighted by molar-refractivity contribution is 5.76. The highest BCUT2D eigenvalue weighted by Gasteiger charge is 2.18. The van der Waals surface area contributed by atoms with Crippen LogP contribution in [0, 0.1) is 0 Å². The number of aliphatic hydroxyl groups is 2. The number of unbranched alkanes of at least 4 members (excludes halogenated alkanes) is 52. The van der Waals surface area contributed by atoms with Gasteiger partial charge in [-0.2, -0.15) is 0 Å². The van der Waals surface area contributed by atoms with Gasteiger partial charge >= 0.3 is 5.97 Å². The number of allylic oxidation sites excluding steroid dienone is 3. The summed E-state index contributed by atoms with van der Waals surface area (Å²) in [5.74, 6) is -0.0533. The fourth-order valence-corrected chi connectivity index (χ4v) is 10.9. The molecule has 0 aliphatic heterocycles. The van der Waals surface area contributed by atoms with Crippen LogP contribution in [-0.4, -0.2) is 47.4 Å². The van der Waals surface area contributed by atoms with Gasteiger partial charge in [-0.1, -0.05) is 340 Å².